The fourth-order valence-corrected chi connectivity index (χ4v) is 2.47. The van der Waals surface area contributed by atoms with Crippen LogP contribution in [0.1, 0.15) is 43.8 Å². The van der Waals surface area contributed by atoms with Crippen molar-refractivity contribution in [3.63, 3.8) is 0 Å². The second-order valence-corrected chi connectivity index (χ2v) is 5.36. The van der Waals surface area contributed by atoms with Gasteiger partial charge in [0.25, 0.3) is 0 Å². The molecule has 0 radical (unpaired) electrons. The Bertz CT molecular complexity index is 649. The van der Waals surface area contributed by atoms with Gasteiger partial charge in [-0.15, -0.1) is 0 Å². The van der Waals surface area contributed by atoms with E-state index in [-0.39, 0.29) is 18.0 Å². The smallest absolute Gasteiger partial charge is 0.236 e. The maximum atomic E-state index is 11.8. The highest BCUT2D eigenvalue weighted by atomic mass is 16.2. The van der Waals surface area contributed by atoms with E-state index in [4.69, 9.17) is 0 Å². The van der Waals surface area contributed by atoms with Crippen LogP contribution in [0, 0.1) is 13.8 Å². The molecule has 2 aromatic heterocycles. The van der Waals surface area contributed by atoms with Crippen molar-refractivity contribution in [3.05, 3.63) is 29.2 Å². The van der Waals surface area contributed by atoms with Gasteiger partial charge in [0.15, 0.2) is 5.65 Å². The van der Waals surface area contributed by atoms with E-state index in [1.807, 2.05) is 51.4 Å². The summed E-state index contributed by atoms with van der Waals surface area (Å²) in [5, 5.41) is 10.6. The molecule has 0 bridgehead atoms. The third-order valence-electron chi connectivity index (χ3n) is 3.59. The summed E-state index contributed by atoms with van der Waals surface area (Å²) in [4.78, 5) is 16.2. The lowest BCUT2D eigenvalue weighted by atomic mass is 10.1. The van der Waals surface area contributed by atoms with Crippen LogP contribution in [0.3, 0.4) is 0 Å². The van der Waals surface area contributed by atoms with Crippen molar-refractivity contribution >= 4 is 11.6 Å². The largest absolute Gasteiger partial charge is 0.355 e. The van der Waals surface area contributed by atoms with Crippen molar-refractivity contribution in [2.24, 2.45) is 0 Å². The van der Waals surface area contributed by atoms with Gasteiger partial charge >= 0.3 is 0 Å². The minimum Gasteiger partial charge on any atom is -0.355 e. The zero-order valence-electron chi connectivity index (χ0n) is 13.3. The Hall–Kier alpha value is -1.95. The number of aromatic nitrogens is 3. The summed E-state index contributed by atoms with van der Waals surface area (Å²) >= 11 is 0. The minimum atomic E-state index is -0.255. The monoisotopic (exact) mass is 289 g/mol. The molecule has 114 valence electrons. The molecular formula is C15H23N5O. The molecule has 0 fully saturated rings. The Morgan fingerprint density at radius 2 is 2.10 bits per heavy atom. The summed E-state index contributed by atoms with van der Waals surface area (Å²) in [6.45, 7) is 10.4. The standard InChI is InChI=1S/C15H23N5O/c1-6-16-15(21)11(4)18-10(3)13-8-17-14-7-9(2)19-20(14)12(13)5/h7-8,10-11,18H,6H2,1-5H3,(H,16,21). The van der Waals surface area contributed by atoms with Gasteiger partial charge in [-0.25, -0.2) is 9.50 Å². The van der Waals surface area contributed by atoms with Gasteiger partial charge in [-0.05, 0) is 34.6 Å². The quantitative estimate of drug-likeness (QED) is 0.875. The van der Waals surface area contributed by atoms with Gasteiger partial charge in [0.1, 0.15) is 0 Å². The first-order valence-electron chi connectivity index (χ1n) is 7.29. The molecule has 0 aliphatic rings. The zero-order valence-corrected chi connectivity index (χ0v) is 13.3. The summed E-state index contributed by atoms with van der Waals surface area (Å²) in [6.07, 6.45) is 1.86. The second-order valence-electron chi connectivity index (χ2n) is 5.36. The van der Waals surface area contributed by atoms with Crippen LogP contribution in [0.15, 0.2) is 12.3 Å². The second kappa shape index (κ2) is 6.22. The number of carbonyl (C=O) groups is 1. The molecule has 0 spiro atoms. The first-order chi connectivity index (χ1) is 9.93. The highest BCUT2D eigenvalue weighted by Gasteiger charge is 2.18. The summed E-state index contributed by atoms with van der Waals surface area (Å²) < 4.78 is 1.85. The van der Waals surface area contributed by atoms with E-state index < -0.39 is 0 Å². The molecule has 0 saturated heterocycles. The van der Waals surface area contributed by atoms with E-state index >= 15 is 0 Å². The predicted molar refractivity (Wildman–Crippen MR) is 82.2 cm³/mol. The van der Waals surface area contributed by atoms with Gasteiger partial charge < -0.3 is 5.32 Å². The number of fused-ring (bicyclic) bond motifs is 1. The van der Waals surface area contributed by atoms with E-state index in [1.54, 1.807) is 0 Å². The minimum absolute atomic E-state index is 0.00553. The highest BCUT2D eigenvalue weighted by molar-refractivity contribution is 5.81. The molecule has 0 aromatic carbocycles. The molecule has 0 aliphatic carbocycles. The van der Waals surface area contributed by atoms with Gasteiger partial charge in [-0.1, -0.05) is 0 Å². The van der Waals surface area contributed by atoms with Crippen molar-refractivity contribution in [1.82, 2.24) is 25.2 Å². The lowest BCUT2D eigenvalue weighted by Gasteiger charge is -2.21. The summed E-state index contributed by atoms with van der Waals surface area (Å²) in [5.41, 5.74) is 3.87. The Morgan fingerprint density at radius 1 is 1.38 bits per heavy atom. The van der Waals surface area contributed by atoms with Crippen LogP contribution in [-0.4, -0.2) is 33.1 Å². The Kier molecular flexibility index (Phi) is 4.57. The fourth-order valence-electron chi connectivity index (χ4n) is 2.47. The number of amides is 1. The fraction of sp³-hybridized carbons (Fsp3) is 0.533. The average Bonchev–Trinajstić information content (AvgIpc) is 2.80. The normalized spacial score (nSPS) is 14.1. The van der Waals surface area contributed by atoms with Crippen LogP contribution < -0.4 is 10.6 Å². The molecule has 2 heterocycles. The molecular weight excluding hydrogens is 266 g/mol. The number of nitrogens with zero attached hydrogens (tertiary/aromatic N) is 3. The lowest BCUT2D eigenvalue weighted by Crippen LogP contribution is -2.43. The third-order valence-corrected chi connectivity index (χ3v) is 3.59. The molecule has 2 unspecified atom stereocenters. The summed E-state index contributed by atoms with van der Waals surface area (Å²) in [6, 6.07) is 1.71. The highest BCUT2D eigenvalue weighted by Crippen LogP contribution is 2.18. The molecule has 2 atom stereocenters. The molecule has 1 amide bonds. The van der Waals surface area contributed by atoms with Gasteiger partial charge in [0, 0.05) is 36.1 Å². The summed E-state index contributed by atoms with van der Waals surface area (Å²) in [7, 11) is 0. The first-order valence-corrected chi connectivity index (χ1v) is 7.29. The summed E-state index contributed by atoms with van der Waals surface area (Å²) in [5.74, 6) is 0.00553. The van der Waals surface area contributed by atoms with Crippen LogP contribution in [0.4, 0.5) is 0 Å². The number of aryl methyl sites for hydroxylation is 2. The molecule has 6 heteroatoms. The van der Waals surface area contributed by atoms with Gasteiger partial charge in [0.2, 0.25) is 5.91 Å². The van der Waals surface area contributed by atoms with Crippen molar-refractivity contribution < 1.29 is 4.79 Å². The topological polar surface area (TPSA) is 71.3 Å². The zero-order chi connectivity index (χ0) is 15.6. The predicted octanol–water partition coefficient (Wildman–Crippen LogP) is 1.52. The molecule has 6 nitrogen and oxygen atoms in total. The number of carbonyl (C=O) groups excluding carboxylic acids is 1. The SMILES string of the molecule is CCNC(=O)C(C)NC(C)c1cnc2cc(C)nn2c1C. The lowest BCUT2D eigenvalue weighted by molar-refractivity contribution is -0.122. The Balaban J connectivity index is 2.21. The maximum Gasteiger partial charge on any atom is 0.236 e. The molecule has 0 aliphatic heterocycles. The molecule has 2 N–H and O–H groups in total. The van der Waals surface area contributed by atoms with E-state index in [0.29, 0.717) is 6.54 Å². The Labute approximate surface area is 125 Å². The average molecular weight is 289 g/mol. The maximum absolute atomic E-state index is 11.8. The van der Waals surface area contributed by atoms with Crippen molar-refractivity contribution in [1.29, 1.82) is 0 Å². The van der Waals surface area contributed by atoms with Crippen LogP contribution in [-0.2, 0) is 4.79 Å². The third kappa shape index (κ3) is 3.21. The van der Waals surface area contributed by atoms with Crippen molar-refractivity contribution in [2.45, 2.75) is 46.7 Å². The van der Waals surface area contributed by atoms with Gasteiger partial charge in [0.05, 0.1) is 11.7 Å². The number of hydrogen-bond donors (Lipinski definition) is 2. The molecule has 2 rings (SSSR count). The molecule has 21 heavy (non-hydrogen) atoms. The van der Waals surface area contributed by atoms with Crippen LogP contribution in [0.25, 0.3) is 5.65 Å². The first kappa shape index (κ1) is 15.4. The van der Waals surface area contributed by atoms with Crippen LogP contribution >= 0.6 is 0 Å². The van der Waals surface area contributed by atoms with Crippen LogP contribution in [0.5, 0.6) is 0 Å². The van der Waals surface area contributed by atoms with E-state index in [1.165, 1.54) is 0 Å². The van der Waals surface area contributed by atoms with Crippen LogP contribution in [0.2, 0.25) is 0 Å². The number of hydrogen-bond acceptors (Lipinski definition) is 4. The number of rotatable bonds is 5. The number of likely N-dealkylation sites (N-methyl/N-ethyl adjacent to an activating group) is 1. The number of nitrogens with one attached hydrogen (secondary N) is 2. The van der Waals surface area contributed by atoms with E-state index in [9.17, 15) is 4.79 Å². The van der Waals surface area contributed by atoms with Crippen molar-refractivity contribution in [3.8, 4) is 0 Å². The van der Waals surface area contributed by atoms with Gasteiger partial charge in [-0.3, -0.25) is 10.1 Å². The Morgan fingerprint density at radius 3 is 2.76 bits per heavy atom. The van der Waals surface area contributed by atoms with Gasteiger partial charge in [-0.2, -0.15) is 5.10 Å². The molecule has 2 aromatic rings. The molecule has 0 saturated carbocycles. The van der Waals surface area contributed by atoms with E-state index in [2.05, 4.69) is 20.7 Å². The van der Waals surface area contributed by atoms with E-state index in [0.717, 1.165) is 22.6 Å². The van der Waals surface area contributed by atoms with Crippen molar-refractivity contribution in [2.75, 3.05) is 6.54 Å².